The van der Waals surface area contributed by atoms with E-state index >= 15 is 0 Å². The third kappa shape index (κ3) is 5.13. The second-order valence-corrected chi connectivity index (χ2v) is 4.80. The monoisotopic (exact) mass is 437 g/mol. The molecule has 2 atom stereocenters. The van der Waals surface area contributed by atoms with E-state index in [4.69, 9.17) is 5.73 Å². The van der Waals surface area contributed by atoms with Crippen LogP contribution in [0.4, 0.5) is 57.1 Å². The predicted octanol–water partition coefficient (Wildman–Crippen LogP) is 3.20. The van der Waals surface area contributed by atoms with Gasteiger partial charge in [-0.1, -0.05) is 0 Å². The molecule has 17 heteroatoms. The lowest BCUT2D eigenvalue weighted by Gasteiger charge is -2.38. The lowest BCUT2D eigenvalue weighted by molar-refractivity contribution is -0.509. The third-order valence-electron chi connectivity index (χ3n) is 2.59. The zero-order chi connectivity index (χ0) is 22.1. The van der Waals surface area contributed by atoms with E-state index in [2.05, 4.69) is 4.74 Å². The molecule has 0 heterocycles. The summed E-state index contributed by atoms with van der Waals surface area (Å²) in [7, 11) is 0. The van der Waals surface area contributed by atoms with Crippen molar-refractivity contribution in [2.24, 2.45) is 5.73 Å². The highest BCUT2D eigenvalue weighted by atomic mass is 19.4. The van der Waals surface area contributed by atoms with E-state index < -0.39 is 55.4 Å². The van der Waals surface area contributed by atoms with Crippen LogP contribution in [0.3, 0.4) is 0 Å². The largest absolute Gasteiger partial charge is 0.462 e. The lowest BCUT2D eigenvalue weighted by Crippen LogP contribution is -2.65. The summed E-state index contributed by atoms with van der Waals surface area (Å²) in [5.74, 6) is -20.8. The Hall–Kier alpha value is -1.36. The van der Waals surface area contributed by atoms with Gasteiger partial charge in [0.05, 0.1) is 12.6 Å². The van der Waals surface area contributed by atoms with Crippen LogP contribution in [-0.4, -0.2) is 61.7 Å². The molecule has 0 saturated carbocycles. The van der Waals surface area contributed by atoms with Crippen molar-refractivity contribution in [3.63, 3.8) is 0 Å². The van der Waals surface area contributed by atoms with E-state index in [9.17, 15) is 61.9 Å². The zero-order valence-corrected chi connectivity index (χ0v) is 12.3. The van der Waals surface area contributed by atoms with Gasteiger partial charge in [0.1, 0.15) is 12.9 Å². The molecule has 0 fully saturated rings. The van der Waals surface area contributed by atoms with E-state index in [0.29, 0.717) is 0 Å². The number of carbonyl (C=O) groups excluding carboxylic acids is 1. The van der Waals surface area contributed by atoms with Crippen LogP contribution in [0.25, 0.3) is 0 Å². The van der Waals surface area contributed by atoms with Gasteiger partial charge in [-0.25, -0.2) is 0 Å². The van der Waals surface area contributed by atoms with Gasteiger partial charge >= 0.3 is 36.2 Å². The standard InChI is InChI=1S/C10H8F13NO3/c11-5(12,3-26-2-4(24)1-25)7(15,9(19,20)21)27-10(22,23)6(13,14)8(16,17)18/h1,4H,2-3,24H2/t4?,7-/m1/s1. The van der Waals surface area contributed by atoms with Gasteiger partial charge in [0.2, 0.25) is 0 Å². The first-order chi connectivity index (χ1) is 11.7. The molecule has 0 aromatic heterocycles. The van der Waals surface area contributed by atoms with Crippen molar-refractivity contribution in [2.45, 2.75) is 42.2 Å². The Bertz CT molecular complexity index is 517. The number of carbonyl (C=O) groups is 1. The lowest BCUT2D eigenvalue weighted by atomic mass is 10.1. The van der Waals surface area contributed by atoms with Crippen LogP contribution in [0.5, 0.6) is 0 Å². The summed E-state index contributed by atoms with van der Waals surface area (Å²) in [6.45, 7) is -4.12. The molecule has 0 saturated heterocycles. The van der Waals surface area contributed by atoms with Crippen LogP contribution in [0.1, 0.15) is 0 Å². The fraction of sp³-hybridized carbons (Fsp3) is 0.900. The molecule has 0 aliphatic rings. The number of alkyl halides is 13. The number of hydrogen-bond acceptors (Lipinski definition) is 4. The SMILES string of the molecule is NC(C=O)COCC(F)(F)[C@@](F)(OC(F)(F)C(F)(F)C(F)(F)F)C(F)(F)F. The van der Waals surface area contributed by atoms with E-state index in [0.717, 1.165) is 0 Å². The van der Waals surface area contributed by atoms with Gasteiger partial charge < -0.3 is 15.3 Å². The Morgan fingerprint density at radius 3 is 1.59 bits per heavy atom. The quantitative estimate of drug-likeness (QED) is 0.445. The molecule has 0 rings (SSSR count). The van der Waals surface area contributed by atoms with E-state index in [1.54, 1.807) is 4.74 Å². The number of ether oxygens (including phenoxy) is 2. The summed E-state index contributed by atoms with van der Waals surface area (Å²) in [6, 6.07) is -1.74. The number of halogens is 13. The molecule has 2 N–H and O–H groups in total. The maximum Gasteiger partial charge on any atom is 0.462 e. The van der Waals surface area contributed by atoms with Crippen LogP contribution in [-0.2, 0) is 14.3 Å². The molecule has 0 bridgehead atoms. The molecule has 0 aliphatic carbocycles. The summed E-state index contributed by atoms with van der Waals surface area (Å²) in [4.78, 5) is 10.0. The Kier molecular flexibility index (Phi) is 7.19. The Morgan fingerprint density at radius 1 is 0.815 bits per heavy atom. The third-order valence-corrected chi connectivity index (χ3v) is 2.59. The van der Waals surface area contributed by atoms with Gasteiger partial charge in [-0.3, -0.25) is 4.74 Å². The zero-order valence-electron chi connectivity index (χ0n) is 12.3. The van der Waals surface area contributed by atoms with Crippen molar-refractivity contribution < 1.29 is 71.3 Å². The Labute approximate surface area is 140 Å². The molecule has 27 heavy (non-hydrogen) atoms. The summed E-state index contributed by atoms with van der Waals surface area (Å²) < 4.78 is 170. The van der Waals surface area contributed by atoms with Crippen LogP contribution in [0, 0.1) is 0 Å². The topological polar surface area (TPSA) is 61.6 Å². The molecule has 0 radical (unpaired) electrons. The molecule has 0 aromatic carbocycles. The van der Waals surface area contributed by atoms with Gasteiger partial charge in [0, 0.05) is 0 Å². The van der Waals surface area contributed by atoms with E-state index in [1.165, 1.54) is 0 Å². The fourth-order valence-electron chi connectivity index (χ4n) is 1.20. The summed E-state index contributed by atoms with van der Waals surface area (Å²) in [5, 5.41) is 0. The highest BCUT2D eigenvalue weighted by molar-refractivity contribution is 5.57. The van der Waals surface area contributed by atoms with Crippen molar-refractivity contribution in [1.82, 2.24) is 0 Å². The van der Waals surface area contributed by atoms with Gasteiger partial charge in [0.25, 0.3) is 0 Å². The first-order valence-corrected chi connectivity index (χ1v) is 6.11. The predicted molar refractivity (Wildman–Crippen MR) is 56.7 cm³/mol. The maximum absolute atomic E-state index is 13.6. The minimum Gasteiger partial charge on any atom is -0.373 e. The van der Waals surface area contributed by atoms with Crippen LogP contribution in [0.2, 0.25) is 0 Å². The second kappa shape index (κ2) is 7.57. The molecule has 0 amide bonds. The fourth-order valence-corrected chi connectivity index (χ4v) is 1.20. The minimum atomic E-state index is -7.47. The second-order valence-electron chi connectivity index (χ2n) is 4.80. The first kappa shape index (κ1) is 25.6. The molecule has 4 nitrogen and oxygen atoms in total. The van der Waals surface area contributed by atoms with Gasteiger partial charge in [-0.15, -0.1) is 0 Å². The molecule has 1 unspecified atom stereocenters. The van der Waals surface area contributed by atoms with Crippen molar-refractivity contribution in [3.05, 3.63) is 0 Å². The molecule has 0 aliphatic heterocycles. The Balaban J connectivity index is 5.87. The van der Waals surface area contributed by atoms with Crippen LogP contribution in [0.15, 0.2) is 0 Å². The van der Waals surface area contributed by atoms with Crippen molar-refractivity contribution in [1.29, 1.82) is 0 Å². The molecular weight excluding hydrogens is 429 g/mol. The molecule has 162 valence electrons. The van der Waals surface area contributed by atoms with Crippen LogP contribution < -0.4 is 5.73 Å². The van der Waals surface area contributed by atoms with Gasteiger partial charge in [-0.05, 0) is 0 Å². The highest BCUT2D eigenvalue weighted by Crippen LogP contribution is 2.54. The first-order valence-electron chi connectivity index (χ1n) is 6.11. The molecular formula is C10H8F13NO3. The number of aldehydes is 1. The van der Waals surface area contributed by atoms with Gasteiger partial charge in [0.15, 0.2) is 0 Å². The van der Waals surface area contributed by atoms with E-state index in [-0.39, 0.29) is 6.29 Å². The molecule has 0 spiro atoms. The van der Waals surface area contributed by atoms with Crippen LogP contribution >= 0.6 is 0 Å². The van der Waals surface area contributed by atoms with Crippen molar-refractivity contribution in [2.75, 3.05) is 13.2 Å². The summed E-state index contributed by atoms with van der Waals surface area (Å²) >= 11 is 0. The maximum atomic E-state index is 13.6. The Morgan fingerprint density at radius 2 is 1.26 bits per heavy atom. The van der Waals surface area contributed by atoms with Crippen molar-refractivity contribution >= 4 is 6.29 Å². The number of rotatable bonds is 9. The minimum absolute atomic E-state index is 0.181. The average Bonchev–Trinajstić information content (AvgIpc) is 2.43. The number of hydrogen-bond donors (Lipinski definition) is 1. The average molecular weight is 437 g/mol. The van der Waals surface area contributed by atoms with Crippen molar-refractivity contribution in [3.8, 4) is 0 Å². The molecule has 0 aromatic rings. The summed E-state index contributed by atoms with van der Waals surface area (Å²) in [6.07, 6.45) is -22.1. The van der Waals surface area contributed by atoms with E-state index in [1.807, 2.05) is 0 Å². The number of nitrogens with two attached hydrogens (primary N) is 1. The van der Waals surface area contributed by atoms with Gasteiger partial charge in [-0.2, -0.15) is 57.1 Å². The highest BCUT2D eigenvalue weighted by Gasteiger charge is 2.82. The normalized spacial score (nSPS) is 18.1. The summed E-state index contributed by atoms with van der Waals surface area (Å²) in [5.41, 5.74) is 4.77. The smallest absolute Gasteiger partial charge is 0.373 e.